The molecule has 1 amide bonds. The van der Waals surface area contributed by atoms with E-state index in [-0.39, 0.29) is 36.6 Å². The van der Waals surface area contributed by atoms with Crippen LogP contribution in [0.1, 0.15) is 69.8 Å². The molecule has 9 heteroatoms. The van der Waals surface area contributed by atoms with Crippen LogP contribution in [-0.2, 0) is 4.79 Å². The highest BCUT2D eigenvalue weighted by atomic mass is 16.3. The lowest BCUT2D eigenvalue weighted by Gasteiger charge is -2.39. The van der Waals surface area contributed by atoms with E-state index in [2.05, 4.69) is 58.3 Å². The van der Waals surface area contributed by atoms with Crippen LogP contribution in [0.25, 0.3) is 11.0 Å². The van der Waals surface area contributed by atoms with E-state index in [0.717, 1.165) is 30.5 Å². The van der Waals surface area contributed by atoms with Gasteiger partial charge in [-0.1, -0.05) is 31.2 Å². The van der Waals surface area contributed by atoms with Gasteiger partial charge in [0.1, 0.15) is 5.65 Å². The number of benzene rings is 1. The van der Waals surface area contributed by atoms with E-state index in [1.165, 1.54) is 5.56 Å². The largest absolute Gasteiger partial charge is 0.396 e. The van der Waals surface area contributed by atoms with Crippen molar-refractivity contribution in [3.63, 3.8) is 0 Å². The number of fused-ring (bicyclic) bond motifs is 1. The van der Waals surface area contributed by atoms with Crippen LogP contribution in [-0.4, -0.2) is 68.1 Å². The Labute approximate surface area is 218 Å². The molecule has 1 fully saturated rings. The predicted octanol–water partition coefficient (Wildman–Crippen LogP) is 3.52. The highest BCUT2D eigenvalue weighted by Crippen LogP contribution is 2.27. The van der Waals surface area contributed by atoms with Crippen molar-refractivity contribution < 1.29 is 9.90 Å². The van der Waals surface area contributed by atoms with Crippen LogP contribution in [0.2, 0.25) is 0 Å². The van der Waals surface area contributed by atoms with Gasteiger partial charge in [0.2, 0.25) is 11.9 Å². The number of carbonyl (C=O) groups is 1. The number of amides is 1. The number of aliphatic hydroxyl groups is 1. The standard InChI is InChI=1S/C28H38N6O3/c1-5-24(32-13-15-33(16-14-32)25(36)12-17-35)22-8-6-21(7-9-22)20(4)30-28-29-18-23-10-11-26(37)34(19(2)3)27(23)31-28/h6-11,18-20,24,35H,5,12-17H2,1-4H3,(H,29,30,31)/t20-,24+/m0/s1. The Kier molecular flexibility index (Phi) is 8.56. The number of anilines is 1. The highest BCUT2D eigenvalue weighted by molar-refractivity contribution is 5.76. The van der Waals surface area contributed by atoms with E-state index in [9.17, 15) is 9.59 Å². The normalized spacial score (nSPS) is 16.2. The molecule has 1 saturated heterocycles. The van der Waals surface area contributed by atoms with Crippen molar-refractivity contribution >= 4 is 22.9 Å². The monoisotopic (exact) mass is 506 g/mol. The minimum absolute atomic E-state index is 0.000523. The Bertz CT molecular complexity index is 1270. The van der Waals surface area contributed by atoms with Crippen LogP contribution in [0.5, 0.6) is 0 Å². The molecule has 0 bridgehead atoms. The molecular weight excluding hydrogens is 468 g/mol. The van der Waals surface area contributed by atoms with Crippen molar-refractivity contribution in [3.05, 3.63) is 64.1 Å². The van der Waals surface area contributed by atoms with Gasteiger partial charge in [-0.05, 0) is 44.4 Å². The molecule has 0 unspecified atom stereocenters. The Balaban J connectivity index is 1.44. The summed E-state index contributed by atoms with van der Waals surface area (Å²) in [6.45, 7) is 11.2. The summed E-state index contributed by atoms with van der Waals surface area (Å²) in [6.07, 6.45) is 2.94. The number of aliphatic hydroxyl groups excluding tert-OH is 1. The van der Waals surface area contributed by atoms with Gasteiger partial charge < -0.3 is 15.3 Å². The molecule has 1 aromatic carbocycles. The summed E-state index contributed by atoms with van der Waals surface area (Å²) in [6, 6.07) is 12.2. The number of aromatic nitrogens is 3. The minimum Gasteiger partial charge on any atom is -0.396 e. The van der Waals surface area contributed by atoms with Crippen LogP contribution in [0, 0.1) is 0 Å². The van der Waals surface area contributed by atoms with Gasteiger partial charge in [0.15, 0.2) is 0 Å². The topological polar surface area (TPSA) is 104 Å². The molecule has 0 radical (unpaired) electrons. The Morgan fingerprint density at radius 3 is 2.32 bits per heavy atom. The summed E-state index contributed by atoms with van der Waals surface area (Å²) < 4.78 is 1.69. The molecule has 2 N–H and O–H groups in total. The van der Waals surface area contributed by atoms with Crippen LogP contribution in [0.3, 0.4) is 0 Å². The van der Waals surface area contributed by atoms with Gasteiger partial charge in [-0.15, -0.1) is 0 Å². The first-order chi connectivity index (χ1) is 17.8. The zero-order chi connectivity index (χ0) is 26.5. The molecule has 2 aromatic heterocycles. The van der Waals surface area contributed by atoms with E-state index in [4.69, 9.17) is 5.11 Å². The third-order valence-corrected chi connectivity index (χ3v) is 7.17. The molecule has 9 nitrogen and oxygen atoms in total. The first-order valence-corrected chi connectivity index (χ1v) is 13.2. The molecule has 0 spiro atoms. The van der Waals surface area contributed by atoms with Crippen molar-refractivity contribution in [1.82, 2.24) is 24.3 Å². The summed E-state index contributed by atoms with van der Waals surface area (Å²) in [5.41, 5.74) is 2.94. The summed E-state index contributed by atoms with van der Waals surface area (Å²) >= 11 is 0. The molecular formula is C28H38N6O3. The minimum atomic E-state index is -0.0950. The van der Waals surface area contributed by atoms with Crippen molar-refractivity contribution in [2.24, 2.45) is 0 Å². The maximum atomic E-state index is 12.4. The average Bonchev–Trinajstić information content (AvgIpc) is 2.89. The molecule has 3 heterocycles. The van der Waals surface area contributed by atoms with E-state index in [0.29, 0.717) is 30.7 Å². The number of hydrogen-bond acceptors (Lipinski definition) is 7. The van der Waals surface area contributed by atoms with Crippen LogP contribution in [0.4, 0.5) is 5.95 Å². The molecule has 0 aliphatic carbocycles. The van der Waals surface area contributed by atoms with Crippen LogP contribution in [0.15, 0.2) is 47.4 Å². The summed E-state index contributed by atoms with van der Waals surface area (Å²) in [4.78, 5) is 37.9. The van der Waals surface area contributed by atoms with E-state index in [1.54, 1.807) is 22.9 Å². The van der Waals surface area contributed by atoms with E-state index in [1.807, 2.05) is 18.7 Å². The van der Waals surface area contributed by atoms with Crippen LogP contribution >= 0.6 is 0 Å². The summed E-state index contributed by atoms with van der Waals surface area (Å²) in [7, 11) is 0. The molecule has 1 aliphatic heterocycles. The molecule has 3 aromatic rings. The lowest BCUT2D eigenvalue weighted by molar-refractivity contribution is -0.134. The number of rotatable bonds is 9. The van der Waals surface area contributed by atoms with Gasteiger partial charge in [0.05, 0.1) is 12.6 Å². The molecule has 4 rings (SSSR count). The zero-order valence-corrected chi connectivity index (χ0v) is 22.2. The number of hydrogen-bond donors (Lipinski definition) is 2. The van der Waals surface area contributed by atoms with Crippen molar-refractivity contribution in [1.29, 1.82) is 0 Å². The first kappa shape index (κ1) is 26.8. The molecule has 37 heavy (non-hydrogen) atoms. The molecule has 2 atom stereocenters. The van der Waals surface area contributed by atoms with Gasteiger partial charge >= 0.3 is 0 Å². The Hall–Kier alpha value is -3.30. The van der Waals surface area contributed by atoms with Crippen molar-refractivity contribution in [2.75, 3.05) is 38.1 Å². The average molecular weight is 507 g/mol. The lowest BCUT2D eigenvalue weighted by atomic mass is 9.98. The lowest BCUT2D eigenvalue weighted by Crippen LogP contribution is -2.49. The number of nitrogens with zero attached hydrogens (tertiary/aromatic N) is 5. The zero-order valence-electron chi connectivity index (χ0n) is 22.2. The van der Waals surface area contributed by atoms with E-state index < -0.39 is 0 Å². The fourth-order valence-corrected chi connectivity index (χ4v) is 5.13. The number of pyridine rings is 1. The molecule has 1 aliphatic rings. The fraction of sp³-hybridized carbons (Fsp3) is 0.500. The first-order valence-electron chi connectivity index (χ1n) is 13.2. The highest BCUT2D eigenvalue weighted by Gasteiger charge is 2.26. The second-order valence-corrected chi connectivity index (χ2v) is 9.95. The van der Waals surface area contributed by atoms with E-state index >= 15 is 0 Å². The van der Waals surface area contributed by atoms with Crippen LogP contribution < -0.4 is 10.9 Å². The molecule has 0 saturated carbocycles. The Morgan fingerprint density at radius 2 is 1.70 bits per heavy atom. The second-order valence-electron chi connectivity index (χ2n) is 9.95. The van der Waals surface area contributed by atoms with Gasteiger partial charge in [0, 0.05) is 62.3 Å². The Morgan fingerprint density at radius 1 is 1.03 bits per heavy atom. The van der Waals surface area contributed by atoms with Gasteiger partial charge in [-0.25, -0.2) is 4.98 Å². The third-order valence-electron chi connectivity index (χ3n) is 7.17. The maximum absolute atomic E-state index is 12.4. The van der Waals surface area contributed by atoms with Gasteiger partial charge in [0.25, 0.3) is 5.56 Å². The summed E-state index contributed by atoms with van der Waals surface area (Å²) in [5, 5.41) is 13.3. The third kappa shape index (κ3) is 5.99. The van der Waals surface area contributed by atoms with Crippen molar-refractivity contribution in [3.8, 4) is 0 Å². The van der Waals surface area contributed by atoms with Gasteiger partial charge in [-0.2, -0.15) is 4.98 Å². The number of carbonyl (C=O) groups excluding carboxylic acids is 1. The number of piperazine rings is 1. The molecule has 198 valence electrons. The predicted molar refractivity (Wildman–Crippen MR) is 146 cm³/mol. The fourth-order valence-electron chi connectivity index (χ4n) is 5.13. The quantitative estimate of drug-likeness (QED) is 0.458. The smallest absolute Gasteiger partial charge is 0.252 e. The number of nitrogens with one attached hydrogen (secondary N) is 1. The van der Waals surface area contributed by atoms with Gasteiger partial charge in [-0.3, -0.25) is 19.1 Å². The maximum Gasteiger partial charge on any atom is 0.252 e. The van der Waals surface area contributed by atoms with Crippen molar-refractivity contribution in [2.45, 2.75) is 58.7 Å². The second kappa shape index (κ2) is 11.8. The SMILES string of the molecule is CC[C@H](c1ccc([C@H](C)Nc2ncc3ccc(=O)n(C(C)C)c3n2)cc1)N1CCN(C(=O)CCO)CC1. The summed E-state index contributed by atoms with van der Waals surface area (Å²) in [5.74, 6) is 0.521.